The molecule has 0 fully saturated rings. The number of aryl methyl sites for hydroxylation is 2. The van der Waals surface area contributed by atoms with Crippen LogP contribution in [0.5, 0.6) is 5.75 Å². The Labute approximate surface area is 85.1 Å². The Kier molecular flexibility index (Phi) is 2.23. The second-order valence-corrected chi connectivity index (χ2v) is 4.26. The molecule has 2 heteroatoms. The molecule has 0 saturated heterocycles. The maximum absolute atomic E-state index is 6.18. The summed E-state index contributed by atoms with van der Waals surface area (Å²) in [6.07, 6.45) is 0. The van der Waals surface area contributed by atoms with Gasteiger partial charge in [-0.15, -0.1) is 0 Å². The van der Waals surface area contributed by atoms with Crippen molar-refractivity contribution in [2.24, 2.45) is 11.7 Å². The fourth-order valence-electron chi connectivity index (χ4n) is 2.02. The van der Waals surface area contributed by atoms with Gasteiger partial charge in [0.1, 0.15) is 5.75 Å². The van der Waals surface area contributed by atoms with Gasteiger partial charge in [-0.2, -0.15) is 0 Å². The number of hydrogen-bond donors (Lipinski definition) is 1. The van der Waals surface area contributed by atoms with Crippen LogP contribution in [0.3, 0.4) is 0 Å². The van der Waals surface area contributed by atoms with Crippen molar-refractivity contribution in [2.75, 3.05) is 6.61 Å². The zero-order valence-corrected chi connectivity index (χ0v) is 9.00. The highest BCUT2D eigenvalue weighted by Gasteiger charge is 2.27. The van der Waals surface area contributed by atoms with Crippen LogP contribution >= 0.6 is 0 Å². The molecule has 2 rings (SSSR count). The molecular weight excluding hydrogens is 174 g/mol. The molecule has 2 nitrogen and oxygen atoms in total. The molecule has 0 radical (unpaired) electrons. The molecule has 2 unspecified atom stereocenters. The number of ether oxygens (including phenoxy) is 1. The molecule has 14 heavy (non-hydrogen) atoms. The fourth-order valence-corrected chi connectivity index (χ4v) is 2.02. The van der Waals surface area contributed by atoms with Gasteiger partial charge in [0.2, 0.25) is 0 Å². The summed E-state index contributed by atoms with van der Waals surface area (Å²) in [4.78, 5) is 0. The lowest BCUT2D eigenvalue weighted by molar-refractivity contribution is 0.205. The maximum atomic E-state index is 6.18. The van der Waals surface area contributed by atoms with Gasteiger partial charge in [-0.3, -0.25) is 0 Å². The predicted octanol–water partition coefficient (Wildman–Crippen LogP) is 2.33. The van der Waals surface area contributed by atoms with E-state index in [1.807, 2.05) is 0 Å². The molecule has 0 saturated carbocycles. The van der Waals surface area contributed by atoms with Gasteiger partial charge < -0.3 is 10.5 Å². The van der Waals surface area contributed by atoms with Crippen LogP contribution in [0, 0.1) is 19.8 Å². The molecule has 76 valence electrons. The first-order chi connectivity index (χ1) is 6.61. The lowest BCUT2D eigenvalue weighted by Crippen LogP contribution is -2.30. The Morgan fingerprint density at radius 3 is 2.64 bits per heavy atom. The first kappa shape index (κ1) is 9.53. The third-order valence-electron chi connectivity index (χ3n) is 3.05. The Balaban J connectivity index is 2.58. The van der Waals surface area contributed by atoms with Crippen molar-refractivity contribution in [3.8, 4) is 5.75 Å². The molecule has 0 amide bonds. The second-order valence-electron chi connectivity index (χ2n) is 4.26. The van der Waals surface area contributed by atoms with Crippen LogP contribution in [-0.4, -0.2) is 6.61 Å². The minimum Gasteiger partial charge on any atom is -0.493 e. The van der Waals surface area contributed by atoms with E-state index in [1.165, 1.54) is 16.7 Å². The van der Waals surface area contributed by atoms with Crippen LogP contribution < -0.4 is 10.5 Å². The third kappa shape index (κ3) is 1.30. The molecule has 2 atom stereocenters. The van der Waals surface area contributed by atoms with E-state index in [-0.39, 0.29) is 6.04 Å². The monoisotopic (exact) mass is 191 g/mol. The van der Waals surface area contributed by atoms with Crippen molar-refractivity contribution in [1.82, 2.24) is 0 Å². The SMILES string of the molecule is Cc1ccc(C)c2c1OCC(C)C2N. The number of hydrogen-bond acceptors (Lipinski definition) is 2. The van der Waals surface area contributed by atoms with Crippen molar-refractivity contribution >= 4 is 0 Å². The van der Waals surface area contributed by atoms with Gasteiger partial charge in [-0.1, -0.05) is 19.1 Å². The Morgan fingerprint density at radius 2 is 1.93 bits per heavy atom. The maximum Gasteiger partial charge on any atom is 0.127 e. The van der Waals surface area contributed by atoms with Crippen molar-refractivity contribution in [3.63, 3.8) is 0 Å². The summed E-state index contributed by atoms with van der Waals surface area (Å²) in [6, 6.07) is 4.34. The molecule has 1 aromatic rings. The molecule has 1 aliphatic rings. The first-order valence-electron chi connectivity index (χ1n) is 5.09. The third-order valence-corrected chi connectivity index (χ3v) is 3.05. The first-order valence-corrected chi connectivity index (χ1v) is 5.09. The highest BCUT2D eigenvalue weighted by atomic mass is 16.5. The summed E-state index contributed by atoms with van der Waals surface area (Å²) in [7, 11) is 0. The highest BCUT2D eigenvalue weighted by Crippen LogP contribution is 2.38. The standard InChI is InChI=1S/C12H17NO/c1-7-4-5-8(2)12-10(7)11(13)9(3)6-14-12/h4-5,9,11H,6,13H2,1-3H3. The van der Waals surface area contributed by atoms with Crippen LogP contribution in [-0.2, 0) is 0 Å². The molecule has 2 N–H and O–H groups in total. The van der Waals surface area contributed by atoms with Gasteiger partial charge in [0.15, 0.2) is 0 Å². The Hall–Kier alpha value is -1.02. The summed E-state index contributed by atoms with van der Waals surface area (Å²) in [5.41, 5.74) is 9.81. The van der Waals surface area contributed by atoms with Gasteiger partial charge in [0, 0.05) is 17.5 Å². The van der Waals surface area contributed by atoms with E-state index in [0.717, 1.165) is 12.4 Å². The van der Waals surface area contributed by atoms with Gasteiger partial charge in [-0.05, 0) is 25.0 Å². The lowest BCUT2D eigenvalue weighted by atomic mass is 9.88. The number of nitrogens with two attached hydrogens (primary N) is 1. The van der Waals surface area contributed by atoms with Crippen molar-refractivity contribution in [3.05, 3.63) is 28.8 Å². The van der Waals surface area contributed by atoms with Crippen LogP contribution in [0.2, 0.25) is 0 Å². The molecule has 0 spiro atoms. The largest absolute Gasteiger partial charge is 0.493 e. The zero-order chi connectivity index (χ0) is 10.3. The number of fused-ring (bicyclic) bond motifs is 1. The van der Waals surface area contributed by atoms with Crippen LogP contribution in [0.4, 0.5) is 0 Å². The average Bonchev–Trinajstić information content (AvgIpc) is 2.16. The van der Waals surface area contributed by atoms with Crippen molar-refractivity contribution < 1.29 is 4.74 Å². The molecule has 0 bridgehead atoms. The zero-order valence-electron chi connectivity index (χ0n) is 9.00. The molecule has 1 aromatic carbocycles. The average molecular weight is 191 g/mol. The number of rotatable bonds is 0. The van der Waals surface area contributed by atoms with Gasteiger partial charge >= 0.3 is 0 Å². The summed E-state index contributed by atoms with van der Waals surface area (Å²) < 4.78 is 5.74. The van der Waals surface area contributed by atoms with E-state index in [4.69, 9.17) is 10.5 Å². The molecule has 1 aliphatic heterocycles. The smallest absolute Gasteiger partial charge is 0.127 e. The van der Waals surface area contributed by atoms with Crippen LogP contribution in [0.25, 0.3) is 0 Å². The van der Waals surface area contributed by atoms with Crippen LogP contribution in [0.1, 0.15) is 29.7 Å². The van der Waals surface area contributed by atoms with E-state index in [1.54, 1.807) is 0 Å². The van der Waals surface area contributed by atoms with E-state index < -0.39 is 0 Å². The normalized spacial score (nSPS) is 25.4. The van der Waals surface area contributed by atoms with E-state index in [9.17, 15) is 0 Å². The Bertz CT molecular complexity index is 360. The Morgan fingerprint density at radius 1 is 1.29 bits per heavy atom. The summed E-state index contributed by atoms with van der Waals surface area (Å²) in [6.45, 7) is 7.04. The minimum atomic E-state index is 0.124. The lowest BCUT2D eigenvalue weighted by Gasteiger charge is -2.31. The van der Waals surface area contributed by atoms with E-state index in [2.05, 4.69) is 32.9 Å². The fraction of sp³-hybridized carbons (Fsp3) is 0.500. The van der Waals surface area contributed by atoms with E-state index >= 15 is 0 Å². The van der Waals surface area contributed by atoms with Gasteiger partial charge in [0.05, 0.1) is 6.61 Å². The van der Waals surface area contributed by atoms with Gasteiger partial charge in [0.25, 0.3) is 0 Å². The quantitative estimate of drug-likeness (QED) is 0.683. The minimum absolute atomic E-state index is 0.124. The molecular formula is C12H17NO. The number of benzene rings is 1. The molecule has 0 aromatic heterocycles. The van der Waals surface area contributed by atoms with Crippen LogP contribution in [0.15, 0.2) is 12.1 Å². The van der Waals surface area contributed by atoms with Crippen molar-refractivity contribution in [2.45, 2.75) is 26.8 Å². The van der Waals surface area contributed by atoms with Gasteiger partial charge in [-0.25, -0.2) is 0 Å². The summed E-state index contributed by atoms with van der Waals surface area (Å²) in [5.74, 6) is 1.42. The van der Waals surface area contributed by atoms with Crippen molar-refractivity contribution in [1.29, 1.82) is 0 Å². The topological polar surface area (TPSA) is 35.2 Å². The predicted molar refractivity (Wildman–Crippen MR) is 57.5 cm³/mol. The molecule has 1 heterocycles. The second kappa shape index (κ2) is 3.28. The summed E-state index contributed by atoms with van der Waals surface area (Å²) >= 11 is 0. The highest BCUT2D eigenvalue weighted by molar-refractivity contribution is 5.48. The van der Waals surface area contributed by atoms with E-state index in [0.29, 0.717) is 5.92 Å². The molecule has 0 aliphatic carbocycles. The summed E-state index contributed by atoms with van der Waals surface area (Å²) in [5, 5.41) is 0.